The molecule has 1 aromatic carbocycles. The third kappa shape index (κ3) is 3.13. The van der Waals surface area contributed by atoms with Gasteiger partial charge in [-0.3, -0.25) is 4.79 Å². The Labute approximate surface area is 108 Å². The van der Waals surface area contributed by atoms with E-state index in [1.165, 1.54) is 6.42 Å². The standard InChI is InChI=1S/C15H19NO2/c17-12-4-5-13-6-8-14(9-7-13)15(18)16-10-2-1-3-11-16/h4,6-9,12,17H,1-3,5,10-11H2. The number of hydrogen-bond donors (Lipinski definition) is 1. The van der Waals surface area contributed by atoms with E-state index in [1.54, 1.807) is 6.08 Å². The minimum absolute atomic E-state index is 0.138. The SMILES string of the molecule is O=C(c1ccc(CC=CO)cc1)N1CCCCC1. The van der Waals surface area contributed by atoms with E-state index < -0.39 is 0 Å². The number of amides is 1. The number of nitrogens with zero attached hydrogens (tertiary/aromatic N) is 1. The Hall–Kier alpha value is -1.77. The van der Waals surface area contributed by atoms with Gasteiger partial charge in [-0.15, -0.1) is 0 Å². The molecule has 96 valence electrons. The van der Waals surface area contributed by atoms with Crippen LogP contribution in [0.2, 0.25) is 0 Å². The summed E-state index contributed by atoms with van der Waals surface area (Å²) in [6.45, 7) is 1.77. The molecule has 1 aromatic rings. The minimum Gasteiger partial charge on any atom is -0.516 e. The number of aliphatic hydroxyl groups is 1. The van der Waals surface area contributed by atoms with Crippen LogP contribution in [-0.4, -0.2) is 29.0 Å². The summed E-state index contributed by atoms with van der Waals surface area (Å²) in [7, 11) is 0. The predicted molar refractivity (Wildman–Crippen MR) is 71.7 cm³/mol. The van der Waals surface area contributed by atoms with Crippen molar-refractivity contribution in [3.8, 4) is 0 Å². The molecule has 0 radical (unpaired) electrons. The van der Waals surface area contributed by atoms with Crippen molar-refractivity contribution in [1.82, 2.24) is 4.90 Å². The maximum Gasteiger partial charge on any atom is 0.253 e. The molecule has 1 amide bonds. The number of aliphatic hydroxyl groups excluding tert-OH is 1. The van der Waals surface area contributed by atoms with Gasteiger partial charge in [-0.1, -0.05) is 12.1 Å². The molecule has 3 nitrogen and oxygen atoms in total. The van der Waals surface area contributed by atoms with Gasteiger partial charge in [0.2, 0.25) is 0 Å². The number of allylic oxidation sites excluding steroid dienone is 1. The smallest absolute Gasteiger partial charge is 0.253 e. The summed E-state index contributed by atoms with van der Waals surface area (Å²) in [6, 6.07) is 7.63. The van der Waals surface area contributed by atoms with E-state index in [-0.39, 0.29) is 5.91 Å². The van der Waals surface area contributed by atoms with E-state index in [9.17, 15) is 4.79 Å². The fourth-order valence-electron chi connectivity index (χ4n) is 2.25. The van der Waals surface area contributed by atoms with Crippen molar-refractivity contribution in [1.29, 1.82) is 0 Å². The number of benzene rings is 1. The zero-order chi connectivity index (χ0) is 12.8. The Morgan fingerprint density at radius 3 is 2.44 bits per heavy atom. The third-order valence-corrected chi connectivity index (χ3v) is 3.30. The topological polar surface area (TPSA) is 40.5 Å². The first-order valence-electron chi connectivity index (χ1n) is 6.48. The highest BCUT2D eigenvalue weighted by Gasteiger charge is 2.17. The first-order chi connectivity index (χ1) is 8.81. The fraction of sp³-hybridized carbons (Fsp3) is 0.400. The van der Waals surface area contributed by atoms with E-state index in [4.69, 9.17) is 5.11 Å². The van der Waals surface area contributed by atoms with Crippen LogP contribution < -0.4 is 0 Å². The highest BCUT2D eigenvalue weighted by Crippen LogP contribution is 2.14. The number of piperidine rings is 1. The lowest BCUT2D eigenvalue weighted by molar-refractivity contribution is 0.0724. The molecular weight excluding hydrogens is 226 g/mol. The second kappa shape index (κ2) is 6.24. The summed E-state index contributed by atoms with van der Waals surface area (Å²) in [5.74, 6) is 0.138. The van der Waals surface area contributed by atoms with Crippen LogP contribution in [0.15, 0.2) is 36.6 Å². The molecule has 0 saturated carbocycles. The number of hydrogen-bond acceptors (Lipinski definition) is 2. The van der Waals surface area contributed by atoms with E-state index in [1.807, 2.05) is 29.2 Å². The number of carbonyl (C=O) groups is 1. The Balaban J connectivity index is 2.01. The van der Waals surface area contributed by atoms with Crippen molar-refractivity contribution in [2.45, 2.75) is 25.7 Å². The van der Waals surface area contributed by atoms with Gasteiger partial charge >= 0.3 is 0 Å². The lowest BCUT2D eigenvalue weighted by Gasteiger charge is -2.26. The lowest BCUT2D eigenvalue weighted by atomic mass is 10.1. The number of rotatable bonds is 3. The van der Waals surface area contributed by atoms with Crippen LogP contribution in [-0.2, 0) is 6.42 Å². The molecule has 0 bridgehead atoms. The second-order valence-electron chi connectivity index (χ2n) is 4.64. The Kier molecular flexibility index (Phi) is 4.40. The van der Waals surface area contributed by atoms with Crippen LogP contribution >= 0.6 is 0 Å². The van der Waals surface area contributed by atoms with Crippen LogP contribution in [0.1, 0.15) is 35.2 Å². The zero-order valence-electron chi connectivity index (χ0n) is 10.5. The van der Waals surface area contributed by atoms with E-state index in [2.05, 4.69) is 0 Å². The first-order valence-corrected chi connectivity index (χ1v) is 6.48. The highest BCUT2D eigenvalue weighted by atomic mass is 16.2. The summed E-state index contributed by atoms with van der Waals surface area (Å²) in [4.78, 5) is 14.1. The monoisotopic (exact) mass is 245 g/mol. The van der Waals surface area contributed by atoms with Gasteiger partial charge in [0.05, 0.1) is 6.26 Å². The van der Waals surface area contributed by atoms with E-state index >= 15 is 0 Å². The number of carbonyl (C=O) groups excluding carboxylic acids is 1. The highest BCUT2D eigenvalue weighted by molar-refractivity contribution is 5.94. The van der Waals surface area contributed by atoms with Crippen LogP contribution in [0, 0.1) is 0 Å². The molecule has 1 aliphatic heterocycles. The zero-order valence-corrected chi connectivity index (χ0v) is 10.5. The molecular formula is C15H19NO2. The Morgan fingerprint density at radius 1 is 1.17 bits per heavy atom. The Morgan fingerprint density at radius 2 is 1.83 bits per heavy atom. The summed E-state index contributed by atoms with van der Waals surface area (Å²) >= 11 is 0. The average molecular weight is 245 g/mol. The Bertz CT molecular complexity index is 417. The molecule has 0 aromatic heterocycles. The third-order valence-electron chi connectivity index (χ3n) is 3.30. The van der Waals surface area contributed by atoms with Crippen molar-refractivity contribution >= 4 is 5.91 Å². The normalized spacial score (nSPS) is 16.1. The molecule has 0 unspecified atom stereocenters. The van der Waals surface area contributed by atoms with Gasteiger partial charge in [0.15, 0.2) is 0 Å². The van der Waals surface area contributed by atoms with Crippen molar-refractivity contribution in [3.05, 3.63) is 47.7 Å². The largest absolute Gasteiger partial charge is 0.516 e. The quantitative estimate of drug-likeness (QED) is 0.832. The van der Waals surface area contributed by atoms with Crippen molar-refractivity contribution in [2.75, 3.05) is 13.1 Å². The molecule has 1 fully saturated rings. The van der Waals surface area contributed by atoms with Crippen molar-refractivity contribution in [2.24, 2.45) is 0 Å². The average Bonchev–Trinajstić information content (AvgIpc) is 2.46. The second-order valence-corrected chi connectivity index (χ2v) is 4.64. The van der Waals surface area contributed by atoms with Gasteiger partial charge in [0.25, 0.3) is 5.91 Å². The summed E-state index contributed by atoms with van der Waals surface area (Å²) in [6.07, 6.45) is 6.88. The van der Waals surface area contributed by atoms with Gasteiger partial charge in [-0.2, -0.15) is 0 Å². The molecule has 1 aliphatic rings. The van der Waals surface area contributed by atoms with Gasteiger partial charge in [0.1, 0.15) is 0 Å². The summed E-state index contributed by atoms with van der Waals surface area (Å²) in [5, 5.41) is 8.60. The molecule has 1 saturated heterocycles. The molecule has 18 heavy (non-hydrogen) atoms. The predicted octanol–water partition coefficient (Wildman–Crippen LogP) is 2.93. The van der Waals surface area contributed by atoms with Crippen LogP contribution in [0.5, 0.6) is 0 Å². The molecule has 0 atom stereocenters. The van der Waals surface area contributed by atoms with Crippen LogP contribution in [0.3, 0.4) is 0 Å². The summed E-state index contributed by atoms with van der Waals surface area (Å²) < 4.78 is 0. The van der Waals surface area contributed by atoms with Crippen molar-refractivity contribution < 1.29 is 9.90 Å². The van der Waals surface area contributed by atoms with Crippen LogP contribution in [0.4, 0.5) is 0 Å². The molecule has 3 heteroatoms. The van der Waals surface area contributed by atoms with Gasteiger partial charge in [-0.25, -0.2) is 0 Å². The maximum atomic E-state index is 12.2. The van der Waals surface area contributed by atoms with Gasteiger partial charge in [-0.05, 0) is 49.5 Å². The van der Waals surface area contributed by atoms with Crippen LogP contribution in [0.25, 0.3) is 0 Å². The van der Waals surface area contributed by atoms with E-state index in [0.717, 1.165) is 43.3 Å². The molecule has 2 rings (SSSR count). The van der Waals surface area contributed by atoms with Gasteiger partial charge < -0.3 is 10.0 Å². The van der Waals surface area contributed by atoms with E-state index in [0.29, 0.717) is 6.42 Å². The first kappa shape index (κ1) is 12.7. The molecule has 0 aliphatic carbocycles. The van der Waals surface area contributed by atoms with Crippen molar-refractivity contribution in [3.63, 3.8) is 0 Å². The lowest BCUT2D eigenvalue weighted by Crippen LogP contribution is -2.35. The maximum absolute atomic E-state index is 12.2. The van der Waals surface area contributed by atoms with Gasteiger partial charge in [0, 0.05) is 18.7 Å². The minimum atomic E-state index is 0.138. The fourth-order valence-corrected chi connectivity index (χ4v) is 2.25. The molecule has 0 spiro atoms. The molecule has 1 heterocycles. The molecule has 1 N–H and O–H groups in total. The summed E-state index contributed by atoms with van der Waals surface area (Å²) in [5.41, 5.74) is 1.85. The number of likely N-dealkylation sites (tertiary alicyclic amines) is 1.